The molecular formula is C20H34O15. The zero-order valence-electron chi connectivity index (χ0n) is 19.3. The Hall–Kier alpha value is -1.05. The number of hydrogen-bond donors (Lipinski definition) is 8. The van der Waals surface area contributed by atoms with Gasteiger partial charge in [-0.05, 0) is 13.8 Å². The second kappa shape index (κ2) is 11.6. The Bertz CT molecular complexity index is 710. The van der Waals surface area contributed by atoms with Crippen molar-refractivity contribution in [2.75, 3.05) is 13.7 Å². The molecule has 0 saturated carbocycles. The van der Waals surface area contributed by atoms with Crippen LogP contribution in [0.5, 0.6) is 0 Å². The molecule has 0 spiro atoms. The maximum Gasteiger partial charge on any atom is 0.335 e. The number of aliphatic hydroxyl groups excluding tert-OH is 7. The number of carbonyl (C=O) groups is 1. The Morgan fingerprint density at radius 1 is 0.714 bits per heavy atom. The minimum Gasteiger partial charge on any atom is -0.479 e. The summed E-state index contributed by atoms with van der Waals surface area (Å²) in [4.78, 5) is 11.2. The van der Waals surface area contributed by atoms with E-state index in [-0.39, 0.29) is 0 Å². The maximum atomic E-state index is 11.2. The van der Waals surface area contributed by atoms with E-state index in [1.165, 1.54) is 7.11 Å². The van der Waals surface area contributed by atoms with Crippen LogP contribution in [0.15, 0.2) is 0 Å². The first-order chi connectivity index (χ1) is 16.4. The van der Waals surface area contributed by atoms with Gasteiger partial charge in [0.05, 0.1) is 18.8 Å². The molecule has 3 fully saturated rings. The summed E-state index contributed by atoms with van der Waals surface area (Å²) >= 11 is 0. The molecule has 0 aromatic carbocycles. The van der Waals surface area contributed by atoms with E-state index in [1.54, 1.807) is 13.8 Å². The highest BCUT2D eigenvalue weighted by atomic mass is 16.7. The number of carboxylic acid groups (broad SMARTS) is 1. The molecule has 0 aromatic heterocycles. The number of hydrogen-bond acceptors (Lipinski definition) is 14. The molecule has 3 rings (SSSR count). The lowest BCUT2D eigenvalue weighted by Gasteiger charge is -2.46. The van der Waals surface area contributed by atoms with Gasteiger partial charge >= 0.3 is 5.97 Å². The van der Waals surface area contributed by atoms with Crippen molar-refractivity contribution >= 4 is 5.97 Å². The third kappa shape index (κ3) is 5.77. The first-order valence-electron chi connectivity index (χ1n) is 11.1. The fourth-order valence-corrected chi connectivity index (χ4v) is 4.39. The van der Waals surface area contributed by atoms with Gasteiger partial charge in [-0.3, -0.25) is 0 Å². The molecule has 3 heterocycles. The van der Waals surface area contributed by atoms with Gasteiger partial charge < -0.3 is 69.3 Å². The van der Waals surface area contributed by atoms with E-state index in [1.807, 2.05) is 0 Å². The van der Waals surface area contributed by atoms with Gasteiger partial charge in [-0.1, -0.05) is 0 Å². The molecule has 3 aliphatic heterocycles. The van der Waals surface area contributed by atoms with Crippen LogP contribution in [-0.4, -0.2) is 152 Å². The molecule has 15 heteroatoms. The monoisotopic (exact) mass is 514 g/mol. The third-order valence-corrected chi connectivity index (χ3v) is 6.50. The summed E-state index contributed by atoms with van der Waals surface area (Å²) in [7, 11) is 1.35. The molecule has 10 unspecified atom stereocenters. The molecule has 15 nitrogen and oxygen atoms in total. The zero-order valence-corrected chi connectivity index (χ0v) is 19.3. The summed E-state index contributed by atoms with van der Waals surface area (Å²) in [6, 6.07) is 0. The first-order valence-corrected chi connectivity index (χ1v) is 11.1. The summed E-state index contributed by atoms with van der Waals surface area (Å²) in [5, 5.41) is 80.3. The van der Waals surface area contributed by atoms with Gasteiger partial charge in [0, 0.05) is 7.11 Å². The van der Waals surface area contributed by atoms with Gasteiger partial charge in [-0.15, -0.1) is 0 Å². The van der Waals surface area contributed by atoms with E-state index in [9.17, 15) is 40.5 Å². The van der Waals surface area contributed by atoms with Crippen molar-refractivity contribution in [1.82, 2.24) is 0 Å². The summed E-state index contributed by atoms with van der Waals surface area (Å²) in [5.41, 5.74) is 0. The number of aliphatic hydroxyl groups is 7. The molecule has 0 aromatic rings. The van der Waals surface area contributed by atoms with Gasteiger partial charge in [0.2, 0.25) is 0 Å². The normalized spacial score (nSPS) is 51.2. The van der Waals surface area contributed by atoms with E-state index in [2.05, 4.69) is 0 Å². The van der Waals surface area contributed by atoms with Gasteiger partial charge in [0.1, 0.15) is 61.0 Å². The fourth-order valence-electron chi connectivity index (χ4n) is 4.39. The van der Waals surface area contributed by atoms with E-state index in [4.69, 9.17) is 33.5 Å². The zero-order chi connectivity index (χ0) is 26.2. The highest BCUT2D eigenvalue weighted by molar-refractivity contribution is 5.73. The molecule has 0 aliphatic carbocycles. The smallest absolute Gasteiger partial charge is 0.335 e. The summed E-state index contributed by atoms with van der Waals surface area (Å²) in [5.74, 6) is -1.61. The molecule has 0 amide bonds. The van der Waals surface area contributed by atoms with Crippen molar-refractivity contribution in [3.8, 4) is 0 Å². The molecule has 3 aliphatic rings. The Morgan fingerprint density at radius 2 is 1.31 bits per heavy atom. The highest BCUT2D eigenvalue weighted by Gasteiger charge is 2.51. The topological polar surface area (TPSA) is 234 Å². The molecule has 3 saturated heterocycles. The summed E-state index contributed by atoms with van der Waals surface area (Å²) in [6.07, 6.45) is -21.4. The quantitative estimate of drug-likeness (QED) is 0.159. The molecular weight excluding hydrogens is 480 g/mol. The maximum absolute atomic E-state index is 11.2. The lowest BCUT2D eigenvalue weighted by atomic mass is 9.95. The SMILES string of the molecule is COC1C(OC2OC(COC3OC(C(=O)O)[C@@H](O)C(O)[C@@H]3O)[C@@H](O)C(O)[C@@H]2O)C(C)OC(C)[C@@H]1O. The van der Waals surface area contributed by atoms with Crippen LogP contribution in [0.4, 0.5) is 0 Å². The third-order valence-electron chi connectivity index (χ3n) is 6.50. The summed E-state index contributed by atoms with van der Waals surface area (Å²) in [6.45, 7) is 2.70. The van der Waals surface area contributed by atoms with Crippen LogP contribution < -0.4 is 0 Å². The lowest BCUT2D eigenvalue weighted by molar-refractivity contribution is -0.350. The minimum atomic E-state index is -1.92. The van der Waals surface area contributed by atoms with Crippen molar-refractivity contribution < 1.29 is 74.1 Å². The average molecular weight is 514 g/mol. The van der Waals surface area contributed by atoms with Crippen LogP contribution in [0.3, 0.4) is 0 Å². The van der Waals surface area contributed by atoms with Crippen LogP contribution in [0.25, 0.3) is 0 Å². The van der Waals surface area contributed by atoms with Crippen LogP contribution >= 0.6 is 0 Å². The van der Waals surface area contributed by atoms with Crippen molar-refractivity contribution in [3.63, 3.8) is 0 Å². The van der Waals surface area contributed by atoms with Crippen LogP contribution in [0.2, 0.25) is 0 Å². The van der Waals surface area contributed by atoms with Crippen LogP contribution in [0.1, 0.15) is 13.8 Å². The number of rotatable bonds is 7. The van der Waals surface area contributed by atoms with Crippen molar-refractivity contribution in [2.45, 2.75) is 106 Å². The van der Waals surface area contributed by atoms with E-state index in [0.29, 0.717) is 0 Å². The van der Waals surface area contributed by atoms with Crippen LogP contribution in [-0.2, 0) is 33.2 Å². The molecule has 15 atom stereocenters. The van der Waals surface area contributed by atoms with E-state index in [0.717, 1.165) is 0 Å². The highest BCUT2D eigenvalue weighted by Crippen LogP contribution is 2.31. The summed E-state index contributed by atoms with van der Waals surface area (Å²) < 4.78 is 32.6. The Labute approximate surface area is 200 Å². The molecule has 8 N–H and O–H groups in total. The molecule has 204 valence electrons. The van der Waals surface area contributed by atoms with Crippen molar-refractivity contribution in [3.05, 3.63) is 0 Å². The molecule has 0 bridgehead atoms. The second-order valence-electron chi connectivity index (χ2n) is 8.92. The predicted octanol–water partition coefficient (Wildman–Crippen LogP) is -4.73. The number of ether oxygens (including phenoxy) is 6. The molecule has 0 radical (unpaired) electrons. The number of carboxylic acids is 1. The fraction of sp³-hybridized carbons (Fsp3) is 0.950. The van der Waals surface area contributed by atoms with Gasteiger partial charge in [-0.2, -0.15) is 0 Å². The van der Waals surface area contributed by atoms with E-state index < -0.39 is 105 Å². The molecule has 35 heavy (non-hydrogen) atoms. The standard InChI is InChI=1S/C20H34O15/c1-5-8(21)16(30-3)15(6(2)32-5)34-20-14(27)10(23)9(22)7(33-20)4-31-19-13(26)11(24)12(25)17(35-19)18(28)29/h5-17,19-27H,4H2,1-3H3,(H,28,29)/t5?,6?,7?,8-,9+,10?,11?,12-,13-,14-,15?,16?,17?,19?,20?/m0/s1. The van der Waals surface area contributed by atoms with Crippen molar-refractivity contribution in [2.24, 2.45) is 0 Å². The van der Waals surface area contributed by atoms with Crippen LogP contribution in [0, 0.1) is 0 Å². The average Bonchev–Trinajstić information content (AvgIpc) is 2.81. The number of methoxy groups -OCH3 is 1. The van der Waals surface area contributed by atoms with E-state index >= 15 is 0 Å². The van der Waals surface area contributed by atoms with Gasteiger partial charge in [0.25, 0.3) is 0 Å². The van der Waals surface area contributed by atoms with Gasteiger partial charge in [0.15, 0.2) is 18.7 Å². The Morgan fingerprint density at radius 3 is 1.91 bits per heavy atom. The van der Waals surface area contributed by atoms with Gasteiger partial charge in [-0.25, -0.2) is 4.79 Å². The first kappa shape index (κ1) is 28.5. The minimum absolute atomic E-state index is 0.564. The Kier molecular flexibility index (Phi) is 9.42. The van der Waals surface area contributed by atoms with Crippen molar-refractivity contribution in [1.29, 1.82) is 0 Å². The predicted molar refractivity (Wildman–Crippen MR) is 109 cm³/mol. The number of aliphatic carboxylic acids is 1. The second-order valence-corrected chi connectivity index (χ2v) is 8.92. The Balaban J connectivity index is 1.68. The largest absolute Gasteiger partial charge is 0.479 e. The lowest BCUT2D eigenvalue weighted by Crippen LogP contribution is -2.64.